The van der Waals surface area contributed by atoms with E-state index in [1.807, 2.05) is 39.7 Å². The van der Waals surface area contributed by atoms with Crippen LogP contribution >= 0.6 is 0 Å². The smallest absolute Gasteiger partial charge is 0.223 e. The third-order valence-corrected chi connectivity index (χ3v) is 6.09. The first kappa shape index (κ1) is 20.6. The molecule has 1 fully saturated rings. The highest BCUT2D eigenvalue weighted by Crippen LogP contribution is 2.24. The number of ether oxygens (including phenoxy) is 1. The monoisotopic (exact) mass is 410 g/mol. The number of hydrogen-bond donors (Lipinski definition) is 0. The van der Waals surface area contributed by atoms with Gasteiger partial charge in [-0.25, -0.2) is 0 Å². The summed E-state index contributed by atoms with van der Waals surface area (Å²) >= 11 is 0. The topological polar surface area (TPSA) is 67.7 Å². The van der Waals surface area contributed by atoms with Crippen LogP contribution in [0.3, 0.4) is 0 Å². The maximum atomic E-state index is 12.8. The van der Waals surface area contributed by atoms with Gasteiger partial charge in [-0.1, -0.05) is 30.3 Å². The predicted octanol–water partition coefficient (Wildman–Crippen LogP) is 1.73. The van der Waals surface area contributed by atoms with Crippen LogP contribution in [-0.4, -0.2) is 64.2 Å². The van der Waals surface area contributed by atoms with Crippen molar-refractivity contribution >= 4 is 11.8 Å². The number of morpholine rings is 1. The number of fused-ring (bicyclic) bond motifs is 1. The lowest BCUT2D eigenvalue weighted by Crippen LogP contribution is -2.40. The second kappa shape index (κ2) is 9.43. The number of aryl methyl sites for hydroxylation is 3. The zero-order valence-corrected chi connectivity index (χ0v) is 17.7. The number of carbonyl (C=O) groups excluding carboxylic acids is 2. The molecule has 0 aliphatic carbocycles. The average Bonchev–Trinajstić information content (AvgIpc) is 3.12. The second-order valence-corrected chi connectivity index (χ2v) is 8.04. The Labute approximate surface area is 177 Å². The van der Waals surface area contributed by atoms with Gasteiger partial charge in [-0.2, -0.15) is 5.10 Å². The molecule has 7 heteroatoms. The summed E-state index contributed by atoms with van der Waals surface area (Å²) in [5, 5.41) is 4.68. The normalized spacial score (nSPS) is 16.4. The van der Waals surface area contributed by atoms with Crippen molar-refractivity contribution in [3.63, 3.8) is 0 Å². The van der Waals surface area contributed by atoms with Crippen molar-refractivity contribution in [3.8, 4) is 0 Å². The fourth-order valence-corrected chi connectivity index (χ4v) is 4.33. The van der Waals surface area contributed by atoms with Crippen molar-refractivity contribution in [2.75, 3.05) is 32.8 Å². The zero-order valence-electron chi connectivity index (χ0n) is 17.7. The van der Waals surface area contributed by atoms with Crippen molar-refractivity contribution in [1.82, 2.24) is 19.6 Å². The zero-order chi connectivity index (χ0) is 20.9. The molecule has 2 aliphatic heterocycles. The summed E-state index contributed by atoms with van der Waals surface area (Å²) in [5.41, 5.74) is 4.46. The molecule has 0 saturated carbocycles. The number of aromatic nitrogens is 2. The number of rotatable bonds is 6. The SMILES string of the molecule is Cn1nc(CCC(=O)N2CCOCC2)c2c1CCN(C(=O)CCc1ccccc1)C2. The molecular weight excluding hydrogens is 380 g/mol. The van der Waals surface area contributed by atoms with Gasteiger partial charge in [0.05, 0.1) is 18.9 Å². The Morgan fingerprint density at radius 3 is 2.43 bits per heavy atom. The molecule has 160 valence electrons. The van der Waals surface area contributed by atoms with Crippen LogP contribution in [0.25, 0.3) is 0 Å². The van der Waals surface area contributed by atoms with E-state index in [-0.39, 0.29) is 11.8 Å². The van der Waals surface area contributed by atoms with Crippen LogP contribution < -0.4 is 0 Å². The molecule has 1 aromatic carbocycles. The third kappa shape index (κ3) is 4.73. The van der Waals surface area contributed by atoms with Gasteiger partial charge in [-0.05, 0) is 12.0 Å². The Hall–Kier alpha value is -2.67. The van der Waals surface area contributed by atoms with Gasteiger partial charge >= 0.3 is 0 Å². The second-order valence-electron chi connectivity index (χ2n) is 8.04. The summed E-state index contributed by atoms with van der Waals surface area (Å²) in [6.07, 6.45) is 3.16. The number of amides is 2. The molecule has 2 amide bonds. The van der Waals surface area contributed by atoms with Crippen LogP contribution in [0, 0.1) is 0 Å². The van der Waals surface area contributed by atoms with Crippen molar-refractivity contribution in [3.05, 3.63) is 52.8 Å². The molecule has 4 rings (SSSR count). The molecule has 0 radical (unpaired) electrons. The van der Waals surface area contributed by atoms with Gasteiger partial charge in [0, 0.05) is 70.2 Å². The minimum atomic E-state index is 0.157. The van der Waals surface area contributed by atoms with E-state index in [4.69, 9.17) is 4.74 Å². The first-order chi connectivity index (χ1) is 14.6. The van der Waals surface area contributed by atoms with Crippen LogP contribution in [0.15, 0.2) is 30.3 Å². The molecule has 0 bridgehead atoms. The third-order valence-electron chi connectivity index (χ3n) is 6.09. The lowest BCUT2D eigenvalue weighted by molar-refractivity contribution is -0.135. The lowest BCUT2D eigenvalue weighted by Gasteiger charge is -2.28. The maximum absolute atomic E-state index is 12.8. The van der Waals surface area contributed by atoms with Gasteiger partial charge < -0.3 is 14.5 Å². The molecule has 2 aromatic rings. The lowest BCUT2D eigenvalue weighted by atomic mass is 10.0. The van der Waals surface area contributed by atoms with Crippen LogP contribution in [0.4, 0.5) is 0 Å². The fraction of sp³-hybridized carbons (Fsp3) is 0.522. The summed E-state index contributed by atoms with van der Waals surface area (Å²) in [6.45, 7) is 3.89. The fourth-order valence-electron chi connectivity index (χ4n) is 4.33. The van der Waals surface area contributed by atoms with E-state index in [9.17, 15) is 9.59 Å². The van der Waals surface area contributed by atoms with Crippen molar-refractivity contribution in [1.29, 1.82) is 0 Å². The van der Waals surface area contributed by atoms with Crippen molar-refractivity contribution in [2.45, 2.75) is 38.6 Å². The molecule has 0 N–H and O–H groups in total. The van der Waals surface area contributed by atoms with Gasteiger partial charge in [0.15, 0.2) is 0 Å². The van der Waals surface area contributed by atoms with E-state index in [0.717, 1.165) is 30.6 Å². The van der Waals surface area contributed by atoms with Crippen LogP contribution in [0.5, 0.6) is 0 Å². The molecule has 0 spiro atoms. The Balaban J connectivity index is 1.36. The highest BCUT2D eigenvalue weighted by Gasteiger charge is 2.27. The molecule has 2 aliphatic rings. The van der Waals surface area contributed by atoms with Crippen molar-refractivity contribution < 1.29 is 14.3 Å². The average molecular weight is 411 g/mol. The summed E-state index contributed by atoms with van der Waals surface area (Å²) in [7, 11) is 1.96. The maximum Gasteiger partial charge on any atom is 0.223 e. The van der Waals surface area contributed by atoms with Gasteiger partial charge in [-0.3, -0.25) is 14.3 Å². The largest absolute Gasteiger partial charge is 0.378 e. The van der Waals surface area contributed by atoms with Gasteiger partial charge in [0.2, 0.25) is 11.8 Å². The van der Waals surface area contributed by atoms with E-state index in [2.05, 4.69) is 17.2 Å². The van der Waals surface area contributed by atoms with E-state index in [1.165, 1.54) is 11.3 Å². The Morgan fingerprint density at radius 1 is 0.967 bits per heavy atom. The Morgan fingerprint density at radius 2 is 1.67 bits per heavy atom. The summed E-state index contributed by atoms with van der Waals surface area (Å²) in [4.78, 5) is 29.1. The minimum Gasteiger partial charge on any atom is -0.378 e. The summed E-state index contributed by atoms with van der Waals surface area (Å²) in [6, 6.07) is 10.1. The summed E-state index contributed by atoms with van der Waals surface area (Å²) in [5.74, 6) is 0.341. The van der Waals surface area contributed by atoms with Gasteiger partial charge in [-0.15, -0.1) is 0 Å². The minimum absolute atomic E-state index is 0.157. The van der Waals surface area contributed by atoms with Crippen molar-refractivity contribution in [2.24, 2.45) is 7.05 Å². The van der Waals surface area contributed by atoms with Crippen LogP contribution in [-0.2, 0) is 47.2 Å². The molecule has 0 unspecified atom stereocenters. The van der Waals surface area contributed by atoms with E-state index < -0.39 is 0 Å². The predicted molar refractivity (Wildman–Crippen MR) is 113 cm³/mol. The molecular formula is C23H30N4O3. The molecule has 30 heavy (non-hydrogen) atoms. The standard InChI is InChI=1S/C23H30N4O3/c1-25-21-11-12-27(23(29)9-7-18-5-3-2-4-6-18)17-19(21)20(24-25)8-10-22(28)26-13-15-30-16-14-26/h2-6H,7-17H2,1H3. The Kier molecular flexibility index (Phi) is 6.47. The van der Waals surface area contributed by atoms with Crippen LogP contribution in [0.2, 0.25) is 0 Å². The molecule has 1 aromatic heterocycles. The van der Waals surface area contributed by atoms with E-state index in [1.54, 1.807) is 0 Å². The van der Waals surface area contributed by atoms with Gasteiger partial charge in [0.1, 0.15) is 0 Å². The van der Waals surface area contributed by atoms with E-state index >= 15 is 0 Å². The highest BCUT2D eigenvalue weighted by molar-refractivity contribution is 5.77. The number of nitrogens with zero attached hydrogens (tertiary/aromatic N) is 4. The molecule has 1 saturated heterocycles. The number of hydrogen-bond acceptors (Lipinski definition) is 4. The Bertz CT molecular complexity index is 887. The first-order valence-electron chi connectivity index (χ1n) is 10.8. The highest BCUT2D eigenvalue weighted by atomic mass is 16.5. The van der Waals surface area contributed by atoms with Crippen LogP contribution in [0.1, 0.15) is 35.4 Å². The van der Waals surface area contributed by atoms with Gasteiger partial charge in [0.25, 0.3) is 0 Å². The van der Waals surface area contributed by atoms with E-state index in [0.29, 0.717) is 52.1 Å². The number of benzene rings is 1. The number of carbonyl (C=O) groups is 2. The molecule has 3 heterocycles. The first-order valence-corrected chi connectivity index (χ1v) is 10.8. The summed E-state index contributed by atoms with van der Waals surface area (Å²) < 4.78 is 7.25. The quantitative estimate of drug-likeness (QED) is 0.727. The molecule has 7 nitrogen and oxygen atoms in total. The molecule has 0 atom stereocenters.